The lowest BCUT2D eigenvalue weighted by Gasteiger charge is -2.18. The first kappa shape index (κ1) is 23.9. The number of carbonyl (C=O) groups excluding carboxylic acids is 4. The smallest absolute Gasteiger partial charge is 0.343 e. The number of benzene rings is 3. The van der Waals surface area contributed by atoms with E-state index < -0.39 is 30.2 Å². The number of ether oxygens (including phenoxy) is 2. The van der Waals surface area contributed by atoms with Gasteiger partial charge >= 0.3 is 11.9 Å². The summed E-state index contributed by atoms with van der Waals surface area (Å²) < 4.78 is 10.5. The lowest BCUT2D eigenvalue weighted by atomic mass is 10.1. The summed E-state index contributed by atoms with van der Waals surface area (Å²) >= 11 is 0. The van der Waals surface area contributed by atoms with Gasteiger partial charge in [-0.15, -0.1) is 0 Å². The Labute approximate surface area is 203 Å². The van der Waals surface area contributed by atoms with E-state index in [1.807, 2.05) is 50.2 Å². The molecule has 0 spiro atoms. The predicted octanol–water partition coefficient (Wildman–Crippen LogP) is 4.30. The monoisotopic (exact) mass is 471 g/mol. The molecule has 0 unspecified atom stereocenters. The molecule has 1 aliphatic heterocycles. The number of carbonyl (C=O) groups is 4. The van der Waals surface area contributed by atoms with E-state index in [1.165, 1.54) is 24.3 Å². The number of ketones is 1. The Kier molecular flexibility index (Phi) is 7.06. The van der Waals surface area contributed by atoms with Crippen LogP contribution in [0.25, 0.3) is 0 Å². The highest BCUT2D eigenvalue weighted by atomic mass is 16.5. The van der Waals surface area contributed by atoms with Gasteiger partial charge in [-0.25, -0.2) is 4.79 Å². The van der Waals surface area contributed by atoms with Crippen molar-refractivity contribution < 1.29 is 28.7 Å². The van der Waals surface area contributed by atoms with Crippen LogP contribution in [0, 0.1) is 19.8 Å². The second-order valence-electron chi connectivity index (χ2n) is 8.50. The van der Waals surface area contributed by atoms with Crippen LogP contribution in [0.15, 0.2) is 72.8 Å². The highest BCUT2D eigenvalue weighted by Gasteiger charge is 2.36. The van der Waals surface area contributed by atoms with Gasteiger partial charge in [0.2, 0.25) is 5.91 Å². The van der Waals surface area contributed by atoms with Crippen molar-refractivity contribution in [3.8, 4) is 5.75 Å². The van der Waals surface area contributed by atoms with Gasteiger partial charge in [0, 0.05) is 24.2 Å². The molecule has 7 heteroatoms. The molecule has 7 nitrogen and oxygen atoms in total. The van der Waals surface area contributed by atoms with Crippen LogP contribution >= 0.6 is 0 Å². The molecule has 35 heavy (non-hydrogen) atoms. The summed E-state index contributed by atoms with van der Waals surface area (Å²) in [5.74, 6) is -1.95. The maximum atomic E-state index is 12.5. The largest absolute Gasteiger partial charge is 0.457 e. The van der Waals surface area contributed by atoms with Crippen molar-refractivity contribution in [2.75, 3.05) is 18.1 Å². The Hall–Kier alpha value is -4.26. The predicted molar refractivity (Wildman–Crippen MR) is 130 cm³/mol. The fourth-order valence-electron chi connectivity index (χ4n) is 3.87. The maximum absolute atomic E-state index is 12.5. The number of amides is 1. The molecule has 1 fully saturated rings. The number of esters is 2. The molecule has 0 saturated carbocycles. The second kappa shape index (κ2) is 10.3. The summed E-state index contributed by atoms with van der Waals surface area (Å²) in [6.45, 7) is 3.62. The fourth-order valence-corrected chi connectivity index (χ4v) is 3.87. The first-order chi connectivity index (χ1) is 16.8. The molecule has 178 valence electrons. The standard InChI is InChI=1S/C28H25NO6/c1-18-7-9-21(10-8-18)28(33)35-23-13-11-20(12-14-23)25(30)17-34-27(32)22-15-26(31)29(16-22)24-6-4-3-5-19(24)2/h3-14,22H,15-17H2,1-2H3/t22-/m0/s1. The van der Waals surface area contributed by atoms with Gasteiger partial charge in [0.15, 0.2) is 12.4 Å². The van der Waals surface area contributed by atoms with Crippen molar-refractivity contribution in [1.29, 1.82) is 0 Å². The Morgan fingerprint density at radius 1 is 0.886 bits per heavy atom. The first-order valence-electron chi connectivity index (χ1n) is 11.3. The number of rotatable bonds is 7. The summed E-state index contributed by atoms with van der Waals surface area (Å²) in [5.41, 5.74) is 3.49. The Morgan fingerprint density at radius 3 is 2.23 bits per heavy atom. The highest BCUT2D eigenvalue weighted by molar-refractivity contribution is 6.01. The topological polar surface area (TPSA) is 90.0 Å². The van der Waals surface area contributed by atoms with Crippen LogP contribution in [0.4, 0.5) is 5.69 Å². The molecule has 0 aliphatic carbocycles. The summed E-state index contributed by atoms with van der Waals surface area (Å²) in [6.07, 6.45) is 0.0441. The molecule has 1 atom stereocenters. The fraction of sp³-hybridized carbons (Fsp3) is 0.214. The summed E-state index contributed by atoms with van der Waals surface area (Å²) in [7, 11) is 0. The van der Waals surface area contributed by atoms with E-state index >= 15 is 0 Å². The SMILES string of the molecule is Cc1ccc(C(=O)Oc2ccc(C(=O)COC(=O)[C@H]3CC(=O)N(c4ccccc4C)C3)cc2)cc1. The van der Waals surface area contributed by atoms with Crippen LogP contribution in [0.1, 0.15) is 38.3 Å². The van der Waals surface area contributed by atoms with Crippen LogP contribution in [-0.2, 0) is 14.3 Å². The van der Waals surface area contributed by atoms with E-state index in [0.717, 1.165) is 16.8 Å². The molecule has 3 aromatic rings. The lowest BCUT2D eigenvalue weighted by Crippen LogP contribution is -2.27. The van der Waals surface area contributed by atoms with Crippen LogP contribution in [0.2, 0.25) is 0 Å². The van der Waals surface area contributed by atoms with E-state index in [4.69, 9.17) is 9.47 Å². The highest BCUT2D eigenvalue weighted by Crippen LogP contribution is 2.28. The van der Waals surface area contributed by atoms with Crippen molar-refractivity contribution in [1.82, 2.24) is 0 Å². The zero-order valence-corrected chi connectivity index (χ0v) is 19.5. The summed E-state index contributed by atoms with van der Waals surface area (Å²) in [6, 6.07) is 20.5. The molecular weight excluding hydrogens is 446 g/mol. The molecular formula is C28H25NO6. The molecule has 1 amide bonds. The second-order valence-corrected chi connectivity index (χ2v) is 8.50. The molecule has 0 radical (unpaired) electrons. The molecule has 4 rings (SSSR count). The van der Waals surface area contributed by atoms with E-state index in [1.54, 1.807) is 17.0 Å². The average molecular weight is 472 g/mol. The van der Waals surface area contributed by atoms with Crippen molar-refractivity contribution in [2.45, 2.75) is 20.3 Å². The number of hydrogen-bond acceptors (Lipinski definition) is 6. The van der Waals surface area contributed by atoms with E-state index in [2.05, 4.69) is 0 Å². The number of hydrogen-bond donors (Lipinski definition) is 0. The summed E-state index contributed by atoms with van der Waals surface area (Å²) in [4.78, 5) is 51.2. The van der Waals surface area contributed by atoms with Gasteiger partial charge in [-0.3, -0.25) is 14.4 Å². The number of Topliss-reactive ketones (excluding diaryl/α,β-unsaturated/α-hetero) is 1. The van der Waals surface area contributed by atoms with Crippen LogP contribution in [-0.4, -0.2) is 36.8 Å². The van der Waals surface area contributed by atoms with Gasteiger partial charge in [0.25, 0.3) is 0 Å². The minimum atomic E-state index is -0.626. The van der Waals surface area contributed by atoms with E-state index in [0.29, 0.717) is 16.9 Å². The van der Waals surface area contributed by atoms with Crippen molar-refractivity contribution >= 4 is 29.3 Å². The molecule has 0 bridgehead atoms. The summed E-state index contributed by atoms with van der Waals surface area (Å²) in [5, 5.41) is 0. The van der Waals surface area contributed by atoms with Crippen LogP contribution in [0.3, 0.4) is 0 Å². The third-order valence-corrected chi connectivity index (χ3v) is 5.88. The van der Waals surface area contributed by atoms with Crippen LogP contribution in [0.5, 0.6) is 5.75 Å². The number of aryl methyl sites for hydroxylation is 2. The number of anilines is 1. The van der Waals surface area contributed by atoms with E-state index in [-0.39, 0.29) is 18.9 Å². The van der Waals surface area contributed by atoms with Crippen molar-refractivity contribution in [3.63, 3.8) is 0 Å². The normalized spacial score (nSPS) is 15.1. The van der Waals surface area contributed by atoms with Gasteiger partial charge in [-0.05, 0) is 61.9 Å². The minimum absolute atomic E-state index is 0.0441. The van der Waals surface area contributed by atoms with Gasteiger partial charge < -0.3 is 14.4 Å². The Morgan fingerprint density at radius 2 is 1.54 bits per heavy atom. The van der Waals surface area contributed by atoms with Crippen LogP contribution < -0.4 is 9.64 Å². The zero-order chi connectivity index (χ0) is 24.9. The molecule has 1 heterocycles. The zero-order valence-electron chi connectivity index (χ0n) is 19.5. The van der Waals surface area contributed by atoms with Gasteiger partial charge in [-0.1, -0.05) is 35.9 Å². The van der Waals surface area contributed by atoms with Crippen molar-refractivity contribution in [3.05, 3.63) is 95.1 Å². The first-order valence-corrected chi connectivity index (χ1v) is 11.3. The van der Waals surface area contributed by atoms with Gasteiger partial charge in [0.1, 0.15) is 5.75 Å². The average Bonchev–Trinajstić information content (AvgIpc) is 3.25. The number of para-hydroxylation sites is 1. The third-order valence-electron chi connectivity index (χ3n) is 5.88. The molecule has 0 N–H and O–H groups in total. The Balaban J connectivity index is 1.29. The maximum Gasteiger partial charge on any atom is 0.343 e. The van der Waals surface area contributed by atoms with Gasteiger partial charge in [-0.2, -0.15) is 0 Å². The lowest BCUT2D eigenvalue weighted by molar-refractivity contribution is -0.147. The van der Waals surface area contributed by atoms with Crippen molar-refractivity contribution in [2.24, 2.45) is 5.92 Å². The third kappa shape index (κ3) is 5.63. The molecule has 1 saturated heterocycles. The quantitative estimate of drug-likeness (QED) is 0.290. The Bertz CT molecular complexity index is 1260. The van der Waals surface area contributed by atoms with E-state index in [9.17, 15) is 19.2 Å². The number of nitrogens with zero attached hydrogens (tertiary/aromatic N) is 1. The molecule has 3 aromatic carbocycles. The molecule has 1 aliphatic rings. The molecule has 0 aromatic heterocycles. The minimum Gasteiger partial charge on any atom is -0.457 e. The van der Waals surface area contributed by atoms with Gasteiger partial charge in [0.05, 0.1) is 11.5 Å².